The molecule has 6 nitrogen and oxygen atoms in total. The molecule has 0 radical (unpaired) electrons. The van der Waals surface area contributed by atoms with Gasteiger partial charge in [-0.1, -0.05) is 5.16 Å². The zero-order chi connectivity index (χ0) is 13.0. The molecule has 6 heteroatoms. The first-order valence-corrected chi connectivity index (χ1v) is 5.32. The highest BCUT2D eigenvalue weighted by molar-refractivity contribution is 5.95. The second kappa shape index (κ2) is 5.22. The van der Waals surface area contributed by atoms with Crippen molar-refractivity contribution in [1.82, 2.24) is 10.5 Å². The number of nitrogens with zero attached hydrogens (tertiary/aromatic N) is 1. The number of carbonyl (C=O) groups is 1. The summed E-state index contributed by atoms with van der Waals surface area (Å²) in [5.41, 5.74) is 6.63. The fourth-order valence-electron chi connectivity index (χ4n) is 1.46. The maximum atomic E-state index is 11.8. The van der Waals surface area contributed by atoms with E-state index in [0.29, 0.717) is 22.8 Å². The van der Waals surface area contributed by atoms with Crippen LogP contribution in [0.4, 0.5) is 5.69 Å². The van der Waals surface area contributed by atoms with Crippen LogP contribution >= 0.6 is 0 Å². The molecule has 0 fully saturated rings. The molecule has 0 unspecified atom stereocenters. The number of nitrogens with one attached hydrogen (secondary N) is 1. The van der Waals surface area contributed by atoms with E-state index in [2.05, 4.69) is 10.5 Å². The van der Waals surface area contributed by atoms with Crippen LogP contribution in [0.1, 0.15) is 16.1 Å². The van der Waals surface area contributed by atoms with Crippen LogP contribution in [0.2, 0.25) is 0 Å². The van der Waals surface area contributed by atoms with Gasteiger partial charge in [-0.3, -0.25) is 4.79 Å². The largest absolute Gasteiger partial charge is 0.495 e. The molecule has 1 aromatic carbocycles. The summed E-state index contributed by atoms with van der Waals surface area (Å²) in [6.07, 6.45) is 1.52. The van der Waals surface area contributed by atoms with Gasteiger partial charge in [0.25, 0.3) is 5.91 Å². The third kappa shape index (κ3) is 2.60. The van der Waals surface area contributed by atoms with Crippen LogP contribution in [0.15, 0.2) is 35.0 Å². The Morgan fingerprint density at radius 1 is 1.50 bits per heavy atom. The van der Waals surface area contributed by atoms with Gasteiger partial charge in [-0.05, 0) is 18.2 Å². The Bertz CT molecular complexity index is 538. The van der Waals surface area contributed by atoms with Gasteiger partial charge >= 0.3 is 0 Å². The maximum Gasteiger partial charge on any atom is 0.251 e. The number of anilines is 1. The molecule has 2 rings (SSSR count). The number of aromatic nitrogens is 1. The van der Waals surface area contributed by atoms with E-state index in [1.54, 1.807) is 24.3 Å². The summed E-state index contributed by atoms with van der Waals surface area (Å²) in [7, 11) is 1.50. The predicted octanol–water partition coefficient (Wildman–Crippen LogP) is 1.20. The van der Waals surface area contributed by atoms with Gasteiger partial charge in [0.15, 0.2) is 5.76 Å². The van der Waals surface area contributed by atoms with Gasteiger partial charge in [-0.25, -0.2) is 0 Å². The van der Waals surface area contributed by atoms with E-state index in [0.717, 1.165) is 0 Å². The molecular formula is C12H13N3O3. The lowest BCUT2D eigenvalue weighted by molar-refractivity contribution is 0.0947. The zero-order valence-corrected chi connectivity index (χ0v) is 9.84. The molecule has 1 heterocycles. The number of amides is 1. The second-order valence-electron chi connectivity index (χ2n) is 3.62. The quantitative estimate of drug-likeness (QED) is 0.792. The number of rotatable bonds is 4. The highest BCUT2D eigenvalue weighted by Gasteiger charge is 2.09. The highest BCUT2D eigenvalue weighted by Crippen LogP contribution is 2.22. The number of benzene rings is 1. The lowest BCUT2D eigenvalue weighted by Gasteiger charge is -2.07. The van der Waals surface area contributed by atoms with Gasteiger partial charge in [0.1, 0.15) is 5.75 Å². The molecular weight excluding hydrogens is 234 g/mol. The zero-order valence-electron chi connectivity index (χ0n) is 9.84. The van der Waals surface area contributed by atoms with Crippen molar-refractivity contribution in [2.75, 3.05) is 12.8 Å². The van der Waals surface area contributed by atoms with E-state index in [1.165, 1.54) is 13.3 Å². The van der Waals surface area contributed by atoms with Gasteiger partial charge < -0.3 is 20.3 Å². The molecule has 18 heavy (non-hydrogen) atoms. The SMILES string of the molecule is COc1cc(C(=O)NCc2ccno2)ccc1N. The molecule has 1 amide bonds. The standard InChI is InChI=1S/C12H13N3O3/c1-17-11-6-8(2-3-10(11)13)12(16)14-7-9-4-5-15-18-9/h2-6H,7,13H2,1H3,(H,14,16). The van der Waals surface area contributed by atoms with Crippen LogP contribution in [0, 0.1) is 0 Å². The first-order chi connectivity index (χ1) is 8.70. The van der Waals surface area contributed by atoms with Crippen molar-refractivity contribution < 1.29 is 14.1 Å². The van der Waals surface area contributed by atoms with Gasteiger partial charge in [-0.15, -0.1) is 0 Å². The molecule has 1 aromatic heterocycles. The lowest BCUT2D eigenvalue weighted by Crippen LogP contribution is -2.22. The van der Waals surface area contributed by atoms with Crippen molar-refractivity contribution in [3.63, 3.8) is 0 Å². The first kappa shape index (κ1) is 12.0. The lowest BCUT2D eigenvalue weighted by atomic mass is 10.2. The number of carbonyl (C=O) groups excluding carboxylic acids is 1. The van der Waals surface area contributed by atoms with E-state index >= 15 is 0 Å². The summed E-state index contributed by atoms with van der Waals surface area (Å²) in [5.74, 6) is 0.831. The third-order valence-corrected chi connectivity index (χ3v) is 2.41. The summed E-state index contributed by atoms with van der Waals surface area (Å²) < 4.78 is 9.93. The Labute approximate surface area is 104 Å². The van der Waals surface area contributed by atoms with Crippen LogP contribution < -0.4 is 15.8 Å². The van der Waals surface area contributed by atoms with Gasteiger partial charge in [-0.2, -0.15) is 0 Å². The van der Waals surface area contributed by atoms with Crippen LogP contribution in [0.5, 0.6) is 5.75 Å². The molecule has 0 aliphatic rings. The summed E-state index contributed by atoms with van der Waals surface area (Å²) in [5, 5.41) is 6.25. The van der Waals surface area contributed by atoms with Crippen molar-refractivity contribution in [2.24, 2.45) is 0 Å². The van der Waals surface area contributed by atoms with Gasteiger partial charge in [0.05, 0.1) is 25.5 Å². The number of hydrogen-bond donors (Lipinski definition) is 2. The van der Waals surface area contributed by atoms with Crippen LogP contribution in [0.3, 0.4) is 0 Å². The smallest absolute Gasteiger partial charge is 0.251 e. The van der Waals surface area contributed by atoms with Crippen molar-refractivity contribution in [2.45, 2.75) is 6.54 Å². The van der Waals surface area contributed by atoms with E-state index in [4.69, 9.17) is 15.0 Å². The fraction of sp³-hybridized carbons (Fsp3) is 0.167. The molecule has 0 aliphatic heterocycles. The van der Waals surface area contributed by atoms with E-state index in [9.17, 15) is 4.79 Å². The number of hydrogen-bond acceptors (Lipinski definition) is 5. The molecule has 0 spiro atoms. The van der Waals surface area contributed by atoms with Crippen molar-refractivity contribution >= 4 is 11.6 Å². The van der Waals surface area contributed by atoms with Gasteiger partial charge in [0, 0.05) is 11.6 Å². The maximum absolute atomic E-state index is 11.8. The molecule has 2 aromatic rings. The van der Waals surface area contributed by atoms with Crippen LogP contribution in [-0.2, 0) is 6.54 Å². The van der Waals surface area contributed by atoms with Crippen molar-refractivity contribution in [1.29, 1.82) is 0 Å². The van der Waals surface area contributed by atoms with Crippen molar-refractivity contribution in [3.05, 3.63) is 41.8 Å². The minimum Gasteiger partial charge on any atom is -0.495 e. The fourth-order valence-corrected chi connectivity index (χ4v) is 1.46. The second-order valence-corrected chi connectivity index (χ2v) is 3.62. The normalized spacial score (nSPS) is 10.1. The predicted molar refractivity (Wildman–Crippen MR) is 65.1 cm³/mol. The molecule has 0 saturated carbocycles. The molecule has 0 atom stereocenters. The Balaban J connectivity index is 2.04. The Morgan fingerprint density at radius 2 is 2.33 bits per heavy atom. The average Bonchev–Trinajstić information content (AvgIpc) is 2.89. The summed E-state index contributed by atoms with van der Waals surface area (Å²) in [6, 6.07) is 6.53. The van der Waals surface area contributed by atoms with Crippen LogP contribution in [0.25, 0.3) is 0 Å². The Morgan fingerprint density at radius 3 is 3.00 bits per heavy atom. The Hall–Kier alpha value is -2.50. The first-order valence-electron chi connectivity index (χ1n) is 5.32. The topological polar surface area (TPSA) is 90.4 Å². The number of nitrogen functional groups attached to an aromatic ring is 1. The van der Waals surface area contributed by atoms with E-state index < -0.39 is 0 Å². The van der Waals surface area contributed by atoms with E-state index in [-0.39, 0.29) is 12.5 Å². The number of methoxy groups -OCH3 is 1. The molecule has 0 saturated heterocycles. The molecule has 0 aliphatic carbocycles. The monoisotopic (exact) mass is 247 g/mol. The number of ether oxygens (including phenoxy) is 1. The van der Waals surface area contributed by atoms with Crippen LogP contribution in [-0.4, -0.2) is 18.2 Å². The summed E-state index contributed by atoms with van der Waals surface area (Å²) >= 11 is 0. The summed E-state index contributed by atoms with van der Waals surface area (Å²) in [4.78, 5) is 11.8. The number of nitrogens with two attached hydrogens (primary N) is 1. The summed E-state index contributed by atoms with van der Waals surface area (Å²) in [6.45, 7) is 0.283. The van der Waals surface area contributed by atoms with E-state index in [1.807, 2.05) is 0 Å². The average molecular weight is 247 g/mol. The molecule has 94 valence electrons. The van der Waals surface area contributed by atoms with Crippen molar-refractivity contribution in [3.8, 4) is 5.75 Å². The Kier molecular flexibility index (Phi) is 3.47. The third-order valence-electron chi connectivity index (χ3n) is 2.41. The minimum absolute atomic E-state index is 0.232. The molecule has 0 bridgehead atoms. The highest BCUT2D eigenvalue weighted by atomic mass is 16.5. The minimum atomic E-state index is -0.232. The van der Waals surface area contributed by atoms with Gasteiger partial charge in [0.2, 0.25) is 0 Å². The molecule has 3 N–H and O–H groups in total.